The van der Waals surface area contributed by atoms with E-state index in [1.165, 1.54) is 38.7 Å². The number of hydrogen-bond acceptors (Lipinski definition) is 0. The Morgan fingerprint density at radius 3 is 2.32 bits per heavy atom. The van der Waals surface area contributed by atoms with Gasteiger partial charge in [-0.2, -0.15) is 0 Å². The summed E-state index contributed by atoms with van der Waals surface area (Å²) in [6.07, 6.45) is 7.26. The Morgan fingerprint density at radius 1 is 1.07 bits per heavy atom. The standard InChI is InChI=1S/C27H33P/c1-8-9-10-20(4)22(6)27-16-15-26(17-21(27)5)23(7)28-18-24-11-13-25(14-12-24)19(2)3/h8-17,19,28H,6-7,18H2,1-5H3/b9-8-,20-10-. The number of hydrogen-bond donors (Lipinski definition) is 0. The lowest BCUT2D eigenvalue weighted by molar-refractivity contribution is 0.866. The van der Waals surface area contributed by atoms with Crippen molar-refractivity contribution in [2.75, 3.05) is 0 Å². The van der Waals surface area contributed by atoms with Crippen LogP contribution in [0.2, 0.25) is 0 Å². The van der Waals surface area contributed by atoms with Gasteiger partial charge in [0, 0.05) is 0 Å². The van der Waals surface area contributed by atoms with Crippen LogP contribution < -0.4 is 0 Å². The van der Waals surface area contributed by atoms with Crippen LogP contribution >= 0.6 is 8.58 Å². The topological polar surface area (TPSA) is 0 Å². The normalized spacial score (nSPS) is 12.4. The van der Waals surface area contributed by atoms with Gasteiger partial charge in [-0.25, -0.2) is 0 Å². The number of allylic oxidation sites excluding steroid dienone is 5. The summed E-state index contributed by atoms with van der Waals surface area (Å²) in [4.78, 5) is 0. The van der Waals surface area contributed by atoms with Gasteiger partial charge in [0.1, 0.15) is 0 Å². The molecule has 0 aliphatic rings. The van der Waals surface area contributed by atoms with Crippen molar-refractivity contribution >= 4 is 19.5 Å². The van der Waals surface area contributed by atoms with Crippen LogP contribution in [0.25, 0.3) is 10.9 Å². The molecule has 28 heavy (non-hydrogen) atoms. The van der Waals surface area contributed by atoms with Crippen molar-refractivity contribution in [1.29, 1.82) is 0 Å². The molecular weight excluding hydrogens is 355 g/mol. The highest BCUT2D eigenvalue weighted by molar-refractivity contribution is 7.49. The average Bonchev–Trinajstić information content (AvgIpc) is 2.69. The Kier molecular flexibility index (Phi) is 8.21. The molecule has 2 rings (SSSR count). The van der Waals surface area contributed by atoms with Crippen molar-refractivity contribution in [2.24, 2.45) is 0 Å². The van der Waals surface area contributed by atoms with Crippen molar-refractivity contribution < 1.29 is 0 Å². The second-order valence-electron chi connectivity index (χ2n) is 7.61. The molecule has 0 amide bonds. The molecule has 146 valence electrons. The Balaban J connectivity index is 2.06. The minimum Gasteiger partial charge on any atom is -0.0910 e. The second kappa shape index (κ2) is 10.4. The number of rotatable bonds is 8. The van der Waals surface area contributed by atoms with E-state index in [4.69, 9.17) is 0 Å². The molecule has 0 bridgehead atoms. The maximum Gasteiger partial charge on any atom is -0.00602 e. The molecule has 0 heterocycles. The van der Waals surface area contributed by atoms with Gasteiger partial charge in [0.2, 0.25) is 0 Å². The summed E-state index contributed by atoms with van der Waals surface area (Å²) in [5, 5.41) is 1.22. The molecule has 0 fully saturated rings. The van der Waals surface area contributed by atoms with E-state index >= 15 is 0 Å². The van der Waals surface area contributed by atoms with Crippen LogP contribution in [0, 0.1) is 6.92 Å². The lowest BCUT2D eigenvalue weighted by Gasteiger charge is -2.13. The number of aryl methyl sites for hydroxylation is 1. The summed E-state index contributed by atoms with van der Waals surface area (Å²) in [7, 11) is 0.698. The Morgan fingerprint density at radius 2 is 1.75 bits per heavy atom. The molecule has 0 N–H and O–H groups in total. The molecule has 0 nitrogen and oxygen atoms in total. The summed E-state index contributed by atoms with van der Waals surface area (Å²) >= 11 is 0. The first kappa shape index (κ1) is 22.1. The highest BCUT2D eigenvalue weighted by Gasteiger charge is 2.08. The Hall–Kier alpha value is -2.17. The summed E-state index contributed by atoms with van der Waals surface area (Å²) in [5.74, 6) is 0.583. The van der Waals surface area contributed by atoms with Gasteiger partial charge in [0.15, 0.2) is 0 Å². The quantitative estimate of drug-likeness (QED) is 0.314. The highest BCUT2D eigenvalue weighted by atomic mass is 31.1. The van der Waals surface area contributed by atoms with E-state index in [0.29, 0.717) is 14.5 Å². The van der Waals surface area contributed by atoms with Gasteiger partial charge in [-0.15, -0.1) is 0 Å². The smallest absolute Gasteiger partial charge is 0.00602 e. The van der Waals surface area contributed by atoms with E-state index in [2.05, 4.69) is 95.5 Å². The molecule has 1 unspecified atom stereocenters. The van der Waals surface area contributed by atoms with Crippen molar-refractivity contribution in [2.45, 2.75) is 46.7 Å². The lowest BCUT2D eigenvalue weighted by Crippen LogP contribution is -1.91. The van der Waals surface area contributed by atoms with Gasteiger partial charge in [-0.05, 0) is 77.1 Å². The third kappa shape index (κ3) is 5.91. The maximum atomic E-state index is 4.35. The maximum absolute atomic E-state index is 4.35. The minimum absolute atomic E-state index is 0.583. The van der Waals surface area contributed by atoms with E-state index in [0.717, 1.165) is 11.7 Å². The first-order valence-corrected chi connectivity index (χ1v) is 11.2. The van der Waals surface area contributed by atoms with Crippen molar-refractivity contribution in [3.05, 3.63) is 107 Å². The van der Waals surface area contributed by atoms with E-state index in [-0.39, 0.29) is 0 Å². The summed E-state index contributed by atoms with van der Waals surface area (Å²) in [6, 6.07) is 15.6. The van der Waals surface area contributed by atoms with Crippen LogP contribution in [0.1, 0.15) is 61.4 Å². The zero-order valence-electron chi connectivity index (χ0n) is 18.0. The third-order valence-electron chi connectivity index (χ3n) is 5.07. The molecule has 0 spiro atoms. The van der Waals surface area contributed by atoms with Gasteiger partial charge in [-0.1, -0.05) is 96.3 Å². The van der Waals surface area contributed by atoms with Crippen molar-refractivity contribution in [3.63, 3.8) is 0 Å². The van der Waals surface area contributed by atoms with E-state index in [1.54, 1.807) is 0 Å². The Bertz CT molecular complexity index is 892. The van der Waals surface area contributed by atoms with Gasteiger partial charge >= 0.3 is 0 Å². The van der Waals surface area contributed by atoms with Gasteiger partial charge in [0.05, 0.1) is 0 Å². The SMILES string of the molecule is C=C(PCc1ccc(C(C)C)cc1)c1ccc(C(=C)/C(C)=C\C=C/C)c(C)c1. The zero-order chi connectivity index (χ0) is 20.7. The van der Waals surface area contributed by atoms with Gasteiger partial charge in [-0.3, -0.25) is 0 Å². The first-order chi connectivity index (χ1) is 13.3. The molecule has 0 aromatic heterocycles. The van der Waals surface area contributed by atoms with Crippen LogP contribution in [0.3, 0.4) is 0 Å². The summed E-state index contributed by atoms with van der Waals surface area (Å²) in [6.45, 7) is 19.4. The molecular formula is C27H33P. The van der Waals surface area contributed by atoms with Crippen LogP contribution in [0.5, 0.6) is 0 Å². The van der Waals surface area contributed by atoms with Crippen molar-refractivity contribution in [3.8, 4) is 0 Å². The zero-order valence-corrected chi connectivity index (χ0v) is 19.0. The van der Waals surface area contributed by atoms with Gasteiger partial charge in [0.25, 0.3) is 0 Å². The fourth-order valence-electron chi connectivity index (χ4n) is 3.07. The number of benzene rings is 2. The predicted octanol–water partition coefficient (Wildman–Crippen LogP) is 8.50. The highest BCUT2D eigenvalue weighted by Crippen LogP contribution is 2.36. The van der Waals surface area contributed by atoms with Crippen LogP contribution in [0.4, 0.5) is 0 Å². The molecule has 0 saturated carbocycles. The molecule has 0 saturated heterocycles. The Labute approximate surface area is 173 Å². The van der Waals surface area contributed by atoms with Gasteiger partial charge < -0.3 is 0 Å². The fraction of sp³-hybridized carbons (Fsp3) is 0.259. The first-order valence-electron chi connectivity index (χ1n) is 9.95. The molecule has 0 radical (unpaired) electrons. The molecule has 1 heteroatoms. The molecule has 0 aliphatic carbocycles. The lowest BCUT2D eigenvalue weighted by atomic mass is 9.95. The predicted molar refractivity (Wildman–Crippen MR) is 130 cm³/mol. The monoisotopic (exact) mass is 388 g/mol. The van der Waals surface area contributed by atoms with Crippen LogP contribution in [-0.4, -0.2) is 0 Å². The van der Waals surface area contributed by atoms with E-state index in [1.807, 2.05) is 13.0 Å². The molecule has 2 aromatic rings. The molecule has 1 atom stereocenters. The average molecular weight is 389 g/mol. The van der Waals surface area contributed by atoms with E-state index in [9.17, 15) is 0 Å². The van der Waals surface area contributed by atoms with Crippen LogP contribution in [-0.2, 0) is 6.16 Å². The fourth-order valence-corrected chi connectivity index (χ4v) is 4.09. The largest absolute Gasteiger partial charge is 0.0910 e. The van der Waals surface area contributed by atoms with Crippen LogP contribution in [0.15, 0.2) is 79.4 Å². The minimum atomic E-state index is 0.583. The second-order valence-corrected chi connectivity index (χ2v) is 8.92. The molecule has 0 aliphatic heterocycles. The third-order valence-corrected chi connectivity index (χ3v) is 6.37. The van der Waals surface area contributed by atoms with Crippen molar-refractivity contribution in [1.82, 2.24) is 0 Å². The molecule has 2 aromatic carbocycles. The summed E-state index contributed by atoms with van der Waals surface area (Å²) < 4.78 is 0. The summed E-state index contributed by atoms with van der Waals surface area (Å²) in [5.41, 5.74) is 8.76. The van der Waals surface area contributed by atoms with E-state index < -0.39 is 0 Å².